The Labute approximate surface area is 169 Å². The SMILES string of the molecule is CCCCOCC(F)(F)CCc1cc2c(-c3ccc(CN)c(C)c3)ncnn2c1. The van der Waals surface area contributed by atoms with Gasteiger partial charge in [0.15, 0.2) is 0 Å². The van der Waals surface area contributed by atoms with Crippen molar-refractivity contribution in [2.45, 2.75) is 52.0 Å². The summed E-state index contributed by atoms with van der Waals surface area (Å²) in [4.78, 5) is 4.42. The van der Waals surface area contributed by atoms with Gasteiger partial charge in [-0.15, -0.1) is 0 Å². The van der Waals surface area contributed by atoms with Crippen molar-refractivity contribution in [3.05, 3.63) is 53.5 Å². The van der Waals surface area contributed by atoms with Crippen LogP contribution < -0.4 is 5.73 Å². The number of aryl methyl sites for hydroxylation is 2. The van der Waals surface area contributed by atoms with Crippen molar-refractivity contribution in [3.63, 3.8) is 0 Å². The van der Waals surface area contributed by atoms with Gasteiger partial charge in [-0.25, -0.2) is 18.3 Å². The van der Waals surface area contributed by atoms with Gasteiger partial charge < -0.3 is 10.5 Å². The molecule has 29 heavy (non-hydrogen) atoms. The van der Waals surface area contributed by atoms with Gasteiger partial charge in [-0.2, -0.15) is 5.10 Å². The molecule has 156 valence electrons. The van der Waals surface area contributed by atoms with E-state index in [0.717, 1.165) is 46.3 Å². The van der Waals surface area contributed by atoms with E-state index < -0.39 is 12.5 Å². The molecule has 0 saturated heterocycles. The molecule has 0 aliphatic carbocycles. The van der Waals surface area contributed by atoms with E-state index in [0.29, 0.717) is 13.2 Å². The topological polar surface area (TPSA) is 65.4 Å². The number of nitrogens with zero attached hydrogens (tertiary/aromatic N) is 3. The molecule has 0 fully saturated rings. The molecule has 1 aromatic carbocycles. The highest BCUT2D eigenvalue weighted by Gasteiger charge is 2.29. The van der Waals surface area contributed by atoms with Crippen molar-refractivity contribution in [3.8, 4) is 11.3 Å². The van der Waals surface area contributed by atoms with Gasteiger partial charge >= 0.3 is 0 Å². The third kappa shape index (κ3) is 5.36. The maximum absolute atomic E-state index is 14.1. The molecule has 0 saturated carbocycles. The second-order valence-corrected chi connectivity index (χ2v) is 7.39. The number of halogens is 2. The molecule has 5 nitrogen and oxygen atoms in total. The normalized spacial score (nSPS) is 12.0. The minimum Gasteiger partial charge on any atom is -0.375 e. The molecule has 2 heterocycles. The van der Waals surface area contributed by atoms with Crippen LogP contribution in [-0.2, 0) is 17.7 Å². The second kappa shape index (κ2) is 9.41. The summed E-state index contributed by atoms with van der Waals surface area (Å²) in [6, 6.07) is 7.90. The van der Waals surface area contributed by atoms with Crippen LogP contribution in [0.5, 0.6) is 0 Å². The first-order chi connectivity index (χ1) is 13.9. The lowest BCUT2D eigenvalue weighted by Crippen LogP contribution is -2.24. The quantitative estimate of drug-likeness (QED) is 0.505. The Bertz CT molecular complexity index is 955. The summed E-state index contributed by atoms with van der Waals surface area (Å²) in [5.74, 6) is -2.84. The highest BCUT2D eigenvalue weighted by molar-refractivity contribution is 5.77. The third-order valence-corrected chi connectivity index (χ3v) is 5.03. The fourth-order valence-corrected chi connectivity index (χ4v) is 3.28. The summed E-state index contributed by atoms with van der Waals surface area (Å²) in [5, 5.41) is 4.23. The van der Waals surface area contributed by atoms with Gasteiger partial charge in [0.2, 0.25) is 0 Å². The van der Waals surface area contributed by atoms with Crippen LogP contribution in [0.15, 0.2) is 36.8 Å². The first-order valence-corrected chi connectivity index (χ1v) is 10.0. The summed E-state index contributed by atoms with van der Waals surface area (Å²) in [6.07, 6.45) is 4.99. The summed E-state index contributed by atoms with van der Waals surface area (Å²) >= 11 is 0. The number of hydrogen-bond donors (Lipinski definition) is 1. The van der Waals surface area contributed by atoms with Crippen LogP contribution in [-0.4, -0.2) is 33.7 Å². The Morgan fingerprint density at radius 1 is 1.24 bits per heavy atom. The van der Waals surface area contributed by atoms with E-state index in [-0.39, 0.29) is 12.8 Å². The van der Waals surface area contributed by atoms with Crippen LogP contribution in [0, 0.1) is 6.92 Å². The zero-order valence-electron chi connectivity index (χ0n) is 17.0. The Balaban J connectivity index is 1.75. The van der Waals surface area contributed by atoms with Crippen LogP contribution >= 0.6 is 0 Å². The average molecular weight is 402 g/mol. The monoisotopic (exact) mass is 402 g/mol. The van der Waals surface area contributed by atoms with E-state index in [1.54, 1.807) is 10.7 Å². The van der Waals surface area contributed by atoms with Gasteiger partial charge in [0.1, 0.15) is 12.9 Å². The van der Waals surface area contributed by atoms with Crippen molar-refractivity contribution >= 4 is 5.52 Å². The molecule has 0 aliphatic heterocycles. The molecule has 3 aromatic rings. The van der Waals surface area contributed by atoms with Crippen LogP contribution in [0.1, 0.15) is 42.9 Å². The number of rotatable bonds is 10. The van der Waals surface area contributed by atoms with Crippen molar-refractivity contribution in [2.75, 3.05) is 13.2 Å². The third-order valence-electron chi connectivity index (χ3n) is 5.03. The first kappa shape index (κ1) is 21.3. The van der Waals surface area contributed by atoms with E-state index in [1.165, 1.54) is 6.33 Å². The van der Waals surface area contributed by atoms with Crippen LogP contribution in [0.2, 0.25) is 0 Å². The predicted octanol–water partition coefficient (Wildman–Crippen LogP) is 4.55. The molecule has 0 unspecified atom stereocenters. The Kier molecular flexibility index (Phi) is 6.92. The van der Waals surface area contributed by atoms with E-state index in [4.69, 9.17) is 10.5 Å². The van der Waals surface area contributed by atoms with Gasteiger partial charge in [-0.05, 0) is 48.6 Å². The van der Waals surface area contributed by atoms with Crippen LogP contribution in [0.3, 0.4) is 0 Å². The second-order valence-electron chi connectivity index (χ2n) is 7.39. The number of fused-ring (bicyclic) bond motifs is 1. The van der Waals surface area contributed by atoms with Gasteiger partial charge in [0.05, 0.1) is 11.2 Å². The molecule has 2 N–H and O–H groups in total. The Morgan fingerprint density at radius 3 is 2.79 bits per heavy atom. The fraction of sp³-hybridized carbons (Fsp3) is 0.455. The number of hydrogen-bond acceptors (Lipinski definition) is 4. The zero-order chi connectivity index (χ0) is 20.9. The molecular weight excluding hydrogens is 374 g/mol. The number of unbranched alkanes of at least 4 members (excludes halogenated alkanes) is 1. The molecular formula is C22H28F2N4O. The van der Waals surface area contributed by atoms with E-state index in [2.05, 4.69) is 10.1 Å². The largest absolute Gasteiger partial charge is 0.375 e. The molecule has 3 rings (SSSR count). The van der Waals surface area contributed by atoms with Gasteiger partial charge in [0.25, 0.3) is 5.92 Å². The molecule has 2 aromatic heterocycles. The smallest absolute Gasteiger partial charge is 0.271 e. The maximum atomic E-state index is 14.1. The van der Waals surface area contributed by atoms with Crippen LogP contribution in [0.4, 0.5) is 8.78 Å². The fourth-order valence-electron chi connectivity index (χ4n) is 3.28. The summed E-state index contributed by atoms with van der Waals surface area (Å²) in [6.45, 7) is 4.35. The number of alkyl halides is 2. The van der Waals surface area contributed by atoms with E-state index >= 15 is 0 Å². The van der Waals surface area contributed by atoms with Crippen LogP contribution in [0.25, 0.3) is 16.8 Å². The average Bonchev–Trinajstić information content (AvgIpc) is 3.13. The number of benzene rings is 1. The molecule has 0 bridgehead atoms. The Hall–Kier alpha value is -2.38. The lowest BCUT2D eigenvalue weighted by atomic mass is 10.0. The van der Waals surface area contributed by atoms with Gasteiger partial charge in [-0.1, -0.05) is 25.5 Å². The lowest BCUT2D eigenvalue weighted by molar-refractivity contribution is -0.0821. The minimum absolute atomic E-state index is 0.248. The van der Waals surface area contributed by atoms with Crippen molar-refractivity contribution in [1.82, 2.24) is 14.6 Å². The molecule has 0 amide bonds. The molecule has 0 aliphatic rings. The summed E-state index contributed by atoms with van der Waals surface area (Å²) in [5.41, 5.74) is 11.2. The summed E-state index contributed by atoms with van der Waals surface area (Å²) in [7, 11) is 0. The zero-order valence-corrected chi connectivity index (χ0v) is 17.0. The highest BCUT2D eigenvalue weighted by Crippen LogP contribution is 2.27. The van der Waals surface area contributed by atoms with Crippen molar-refractivity contribution in [1.29, 1.82) is 0 Å². The lowest BCUT2D eigenvalue weighted by Gasteiger charge is -2.15. The molecule has 0 spiro atoms. The molecule has 7 heteroatoms. The first-order valence-electron chi connectivity index (χ1n) is 10.0. The number of nitrogens with two attached hydrogens (primary N) is 1. The predicted molar refractivity (Wildman–Crippen MR) is 110 cm³/mol. The summed E-state index contributed by atoms with van der Waals surface area (Å²) < 4.78 is 35.0. The number of ether oxygens (including phenoxy) is 1. The van der Waals surface area contributed by atoms with Gasteiger partial charge in [-0.3, -0.25) is 0 Å². The minimum atomic E-state index is -2.84. The van der Waals surface area contributed by atoms with Gasteiger partial charge in [0, 0.05) is 31.3 Å². The number of aromatic nitrogens is 3. The van der Waals surface area contributed by atoms with E-state index in [1.807, 2.05) is 38.1 Å². The van der Waals surface area contributed by atoms with E-state index in [9.17, 15) is 8.78 Å². The molecule has 0 atom stereocenters. The van der Waals surface area contributed by atoms with Crippen molar-refractivity contribution in [2.24, 2.45) is 5.73 Å². The Morgan fingerprint density at radius 2 is 2.07 bits per heavy atom. The standard InChI is InChI=1S/C22H28F2N4O/c1-3-4-9-29-14-22(23,24)8-7-17-11-20-21(26-15-27-28(20)13-17)18-5-6-19(12-25)16(2)10-18/h5-6,10-11,13,15H,3-4,7-9,12,14,25H2,1-2H3. The van der Waals surface area contributed by atoms with Crippen molar-refractivity contribution < 1.29 is 13.5 Å². The molecule has 0 radical (unpaired) electrons. The maximum Gasteiger partial charge on any atom is 0.271 e. The highest BCUT2D eigenvalue weighted by atomic mass is 19.3.